The molecule has 4 nitrogen and oxygen atoms in total. The van der Waals surface area contributed by atoms with Crippen LogP contribution in [0.25, 0.3) is 0 Å². The van der Waals surface area contributed by atoms with Crippen LogP contribution < -0.4 is 10.6 Å². The highest BCUT2D eigenvalue weighted by molar-refractivity contribution is 5.99. The van der Waals surface area contributed by atoms with Crippen LogP contribution in [0.1, 0.15) is 6.42 Å². The number of amides is 3. The van der Waals surface area contributed by atoms with Gasteiger partial charge in [-0.1, -0.05) is 12.2 Å². The first-order valence-electron chi connectivity index (χ1n) is 4.55. The fraction of sp³-hybridized carbons (Fsp3) is 0.556. The Labute approximate surface area is 75.4 Å². The van der Waals surface area contributed by atoms with Crippen LogP contribution in [0.4, 0.5) is 4.79 Å². The third kappa shape index (κ3) is 0.802. The monoisotopic (exact) mass is 178 g/mol. The fourth-order valence-electron chi connectivity index (χ4n) is 2.76. The zero-order chi connectivity index (χ0) is 9.00. The second kappa shape index (κ2) is 2.13. The Morgan fingerprint density at radius 2 is 2.00 bits per heavy atom. The van der Waals surface area contributed by atoms with E-state index in [0.717, 1.165) is 6.42 Å². The summed E-state index contributed by atoms with van der Waals surface area (Å²) in [6.07, 6.45) is 5.23. The van der Waals surface area contributed by atoms with Crippen LogP contribution in [0.5, 0.6) is 0 Å². The standard InChI is InChI=1S/C9H10N2O2/c12-8-6-4-1-2-5(3-4)7(6)10-9(13)11-8/h1-2,4-7H,3H2,(H2,10,11,12,13)/t4-,5+,6-,7+/m0/s1. The zero-order valence-electron chi connectivity index (χ0n) is 6.99. The molecule has 4 atom stereocenters. The van der Waals surface area contributed by atoms with Crippen molar-refractivity contribution in [2.75, 3.05) is 0 Å². The predicted molar refractivity (Wildman–Crippen MR) is 44.7 cm³/mol. The lowest BCUT2D eigenvalue weighted by Gasteiger charge is -2.31. The largest absolute Gasteiger partial charge is 0.334 e. The van der Waals surface area contributed by atoms with Gasteiger partial charge in [0.25, 0.3) is 0 Å². The zero-order valence-corrected chi connectivity index (χ0v) is 6.99. The summed E-state index contributed by atoms with van der Waals surface area (Å²) < 4.78 is 0. The van der Waals surface area contributed by atoms with Crippen LogP contribution in [0, 0.1) is 17.8 Å². The summed E-state index contributed by atoms with van der Waals surface area (Å²) in [5, 5.41) is 5.13. The van der Waals surface area contributed by atoms with Gasteiger partial charge in [0.05, 0.1) is 5.92 Å². The van der Waals surface area contributed by atoms with Crippen LogP contribution in [0.3, 0.4) is 0 Å². The second-order valence-electron chi connectivity index (χ2n) is 3.96. The summed E-state index contributed by atoms with van der Waals surface area (Å²) in [5.41, 5.74) is 0. The first-order valence-corrected chi connectivity index (χ1v) is 4.55. The van der Waals surface area contributed by atoms with Crippen molar-refractivity contribution in [2.45, 2.75) is 12.5 Å². The highest BCUT2D eigenvalue weighted by atomic mass is 16.2. The molecule has 13 heavy (non-hydrogen) atoms. The number of rotatable bonds is 0. The lowest BCUT2D eigenvalue weighted by Crippen LogP contribution is -2.59. The number of nitrogens with one attached hydrogen (secondary N) is 2. The average molecular weight is 178 g/mol. The summed E-state index contributed by atoms with van der Waals surface area (Å²) in [5.74, 6) is 0.596. The molecule has 1 aliphatic heterocycles. The van der Waals surface area contributed by atoms with Gasteiger partial charge in [-0.2, -0.15) is 0 Å². The topological polar surface area (TPSA) is 58.2 Å². The quantitative estimate of drug-likeness (QED) is 0.513. The first-order chi connectivity index (χ1) is 6.25. The van der Waals surface area contributed by atoms with Gasteiger partial charge in [0.1, 0.15) is 0 Å². The molecule has 0 aromatic heterocycles. The van der Waals surface area contributed by atoms with E-state index in [1.54, 1.807) is 0 Å². The van der Waals surface area contributed by atoms with E-state index in [-0.39, 0.29) is 23.9 Å². The molecule has 3 amide bonds. The highest BCUT2D eigenvalue weighted by Gasteiger charge is 2.51. The molecule has 0 spiro atoms. The van der Waals surface area contributed by atoms with Crippen LogP contribution in [-0.2, 0) is 4.79 Å². The lowest BCUT2D eigenvalue weighted by molar-refractivity contribution is -0.126. The Kier molecular flexibility index (Phi) is 1.17. The van der Waals surface area contributed by atoms with Crippen LogP contribution in [0.2, 0.25) is 0 Å². The van der Waals surface area contributed by atoms with E-state index in [1.807, 2.05) is 0 Å². The Morgan fingerprint density at radius 3 is 2.85 bits per heavy atom. The molecule has 0 aromatic carbocycles. The van der Waals surface area contributed by atoms with Crippen molar-refractivity contribution in [3.8, 4) is 0 Å². The van der Waals surface area contributed by atoms with Crippen molar-refractivity contribution in [3.05, 3.63) is 12.2 Å². The molecule has 68 valence electrons. The fourth-order valence-corrected chi connectivity index (χ4v) is 2.76. The smallest absolute Gasteiger partial charge is 0.321 e. The average Bonchev–Trinajstić information content (AvgIpc) is 2.62. The van der Waals surface area contributed by atoms with Gasteiger partial charge < -0.3 is 5.32 Å². The van der Waals surface area contributed by atoms with Gasteiger partial charge >= 0.3 is 6.03 Å². The predicted octanol–water partition coefficient (Wildman–Crippen LogP) is 0.0165. The summed E-state index contributed by atoms with van der Waals surface area (Å²) in [7, 11) is 0. The maximum Gasteiger partial charge on any atom is 0.321 e. The molecular weight excluding hydrogens is 168 g/mol. The van der Waals surface area contributed by atoms with Gasteiger partial charge in [0, 0.05) is 6.04 Å². The number of allylic oxidation sites excluding steroid dienone is 1. The molecule has 3 rings (SSSR count). The van der Waals surface area contributed by atoms with E-state index in [9.17, 15) is 9.59 Å². The molecule has 1 saturated heterocycles. The molecule has 2 bridgehead atoms. The van der Waals surface area contributed by atoms with E-state index >= 15 is 0 Å². The molecule has 1 heterocycles. The second-order valence-corrected chi connectivity index (χ2v) is 3.96. The maximum atomic E-state index is 11.5. The Bertz CT molecular complexity index is 324. The van der Waals surface area contributed by atoms with Crippen LogP contribution in [-0.4, -0.2) is 18.0 Å². The van der Waals surface area contributed by atoms with Crippen molar-refractivity contribution in [1.29, 1.82) is 0 Å². The molecule has 0 radical (unpaired) electrons. The van der Waals surface area contributed by atoms with E-state index in [1.165, 1.54) is 0 Å². The number of carbonyl (C=O) groups is 2. The minimum Gasteiger partial charge on any atom is -0.334 e. The third-order valence-electron chi connectivity index (χ3n) is 3.30. The normalized spacial score (nSPS) is 45.8. The van der Waals surface area contributed by atoms with E-state index in [0.29, 0.717) is 11.8 Å². The number of imide groups is 1. The van der Waals surface area contributed by atoms with Crippen LogP contribution >= 0.6 is 0 Å². The Morgan fingerprint density at radius 1 is 1.23 bits per heavy atom. The molecule has 1 saturated carbocycles. The first kappa shape index (κ1) is 7.12. The minimum absolute atomic E-state index is 0.0206. The highest BCUT2D eigenvalue weighted by Crippen LogP contribution is 2.44. The molecular formula is C9H10N2O2. The minimum atomic E-state index is -0.341. The van der Waals surface area contributed by atoms with Gasteiger partial charge in [-0.15, -0.1) is 0 Å². The third-order valence-corrected chi connectivity index (χ3v) is 3.30. The van der Waals surface area contributed by atoms with Crippen molar-refractivity contribution < 1.29 is 9.59 Å². The summed E-state index contributed by atoms with van der Waals surface area (Å²) in [6.45, 7) is 0. The maximum absolute atomic E-state index is 11.5. The molecule has 0 aromatic rings. The van der Waals surface area contributed by atoms with Crippen LogP contribution in [0.15, 0.2) is 12.2 Å². The van der Waals surface area contributed by atoms with E-state index in [4.69, 9.17) is 0 Å². The Hall–Kier alpha value is -1.32. The molecule has 0 unspecified atom stereocenters. The summed E-state index contributed by atoms with van der Waals surface area (Å²) >= 11 is 0. The summed E-state index contributed by atoms with van der Waals surface area (Å²) in [4.78, 5) is 22.5. The molecule has 3 aliphatic rings. The van der Waals surface area contributed by atoms with E-state index in [2.05, 4.69) is 22.8 Å². The Balaban J connectivity index is 1.98. The summed E-state index contributed by atoms with van der Waals surface area (Å²) in [6, 6.07) is -0.288. The lowest BCUT2D eigenvalue weighted by atomic mass is 9.87. The van der Waals surface area contributed by atoms with E-state index < -0.39 is 0 Å². The van der Waals surface area contributed by atoms with Crippen molar-refractivity contribution in [2.24, 2.45) is 17.8 Å². The molecule has 2 aliphatic carbocycles. The SMILES string of the molecule is O=C1NC(=O)[C@@H]2[C@H](N1)[C@@H]1C=C[C@H]2C1. The van der Waals surface area contributed by atoms with Crippen molar-refractivity contribution in [1.82, 2.24) is 10.6 Å². The molecule has 4 heteroatoms. The van der Waals surface area contributed by atoms with Crippen molar-refractivity contribution in [3.63, 3.8) is 0 Å². The van der Waals surface area contributed by atoms with Gasteiger partial charge in [-0.3, -0.25) is 10.1 Å². The van der Waals surface area contributed by atoms with Gasteiger partial charge in [0.15, 0.2) is 0 Å². The number of urea groups is 1. The number of hydrogen-bond acceptors (Lipinski definition) is 2. The number of carbonyl (C=O) groups excluding carboxylic acids is 2. The molecule has 2 fully saturated rings. The van der Waals surface area contributed by atoms with Gasteiger partial charge in [-0.25, -0.2) is 4.79 Å². The number of hydrogen-bond donors (Lipinski definition) is 2. The van der Waals surface area contributed by atoms with Gasteiger partial charge in [-0.05, 0) is 18.3 Å². The number of fused-ring (bicyclic) bond motifs is 5. The van der Waals surface area contributed by atoms with Gasteiger partial charge in [0.2, 0.25) is 5.91 Å². The molecule has 2 N–H and O–H groups in total. The van der Waals surface area contributed by atoms with Crippen molar-refractivity contribution >= 4 is 11.9 Å².